The number of nitrogens with two attached hydrogens (primary N) is 2. The smallest absolute Gasteiger partial charge is 0.187 e. The number of aryl methyl sites for hydroxylation is 1. The second-order valence-electron chi connectivity index (χ2n) is 7.87. The van der Waals surface area contributed by atoms with E-state index in [0.717, 1.165) is 36.3 Å². The number of rotatable bonds is 5. The Morgan fingerprint density at radius 1 is 1.29 bits per heavy atom. The van der Waals surface area contributed by atoms with Crippen LogP contribution in [0.1, 0.15) is 17.7 Å². The van der Waals surface area contributed by atoms with E-state index in [4.69, 9.17) is 11.7 Å². The minimum atomic E-state index is 0.422. The molecule has 0 bridgehead atoms. The molecule has 0 radical (unpaired) electrons. The molecule has 1 saturated heterocycles. The first-order chi connectivity index (χ1) is 15.0. The van der Waals surface area contributed by atoms with Crippen LogP contribution in [-0.2, 0) is 6.54 Å². The van der Waals surface area contributed by atoms with Gasteiger partial charge in [-0.2, -0.15) is 5.10 Å². The van der Waals surface area contributed by atoms with Crippen molar-refractivity contribution in [2.24, 2.45) is 22.7 Å². The molecule has 1 aromatic carbocycles. The monoisotopic (exact) mass is 417 g/mol. The Bertz CT molecular complexity index is 1080. The second-order valence-corrected chi connectivity index (χ2v) is 7.87. The molecule has 1 unspecified atom stereocenters. The van der Waals surface area contributed by atoms with Crippen LogP contribution in [0.15, 0.2) is 66.3 Å². The number of pyridine rings is 1. The highest BCUT2D eigenvalue weighted by molar-refractivity contribution is 5.96. The van der Waals surface area contributed by atoms with E-state index in [1.165, 1.54) is 16.3 Å². The maximum Gasteiger partial charge on any atom is 0.187 e. The van der Waals surface area contributed by atoms with Crippen LogP contribution in [-0.4, -0.2) is 44.4 Å². The highest BCUT2D eigenvalue weighted by Crippen LogP contribution is 2.35. The van der Waals surface area contributed by atoms with Gasteiger partial charge in [0, 0.05) is 55.4 Å². The molecule has 3 heterocycles. The predicted molar refractivity (Wildman–Crippen MR) is 122 cm³/mol. The van der Waals surface area contributed by atoms with Gasteiger partial charge >= 0.3 is 0 Å². The van der Waals surface area contributed by atoms with E-state index >= 15 is 0 Å². The third kappa shape index (κ3) is 4.26. The van der Waals surface area contributed by atoms with E-state index in [0.29, 0.717) is 17.4 Å². The van der Waals surface area contributed by atoms with Crippen LogP contribution >= 0.6 is 0 Å². The Morgan fingerprint density at radius 2 is 2.10 bits per heavy atom. The summed E-state index contributed by atoms with van der Waals surface area (Å²) in [5, 5.41) is 13.0. The molecule has 1 aliphatic heterocycles. The number of allylic oxidation sites excluding steroid dienone is 1. The number of hydrazone groups is 1. The molecular formula is C22H27N9. The average Bonchev–Trinajstić information content (AvgIpc) is 3.38. The number of anilines is 1. The minimum Gasteiger partial charge on any atom is -0.345 e. The van der Waals surface area contributed by atoms with Crippen molar-refractivity contribution < 1.29 is 0 Å². The third-order valence-corrected chi connectivity index (χ3v) is 5.53. The first-order valence-electron chi connectivity index (χ1n) is 10.1. The highest BCUT2D eigenvalue weighted by Gasteiger charge is 2.27. The number of hydrogen-bond donors (Lipinski definition) is 2. The number of hydrazine groups is 1. The van der Waals surface area contributed by atoms with Crippen molar-refractivity contribution in [2.75, 3.05) is 18.5 Å². The van der Waals surface area contributed by atoms with Crippen molar-refractivity contribution in [3.05, 3.63) is 72.5 Å². The molecule has 3 aromatic rings. The van der Waals surface area contributed by atoms with Gasteiger partial charge in [-0.3, -0.25) is 14.7 Å². The standard InChI is InChI=1S/C22H27N9/c1-15-10-18(19-4-6-20(25-12-19)22(27-23)29(3)24)5-7-21(15)31-14-17(11-16(31)2)13-30-9-8-26-28-30/h4-10,12,17H,2,11,13-14,23-24H2,1,3H3/b27-22-. The molecule has 1 fully saturated rings. The molecule has 9 nitrogen and oxygen atoms in total. The average molecular weight is 418 g/mol. The lowest BCUT2D eigenvalue weighted by molar-refractivity contribution is 0.447. The van der Waals surface area contributed by atoms with Gasteiger partial charge < -0.3 is 10.7 Å². The lowest BCUT2D eigenvalue weighted by atomic mass is 10.0. The molecule has 4 N–H and O–H groups in total. The Kier molecular flexibility index (Phi) is 5.68. The topological polar surface area (TPSA) is 114 Å². The maximum atomic E-state index is 5.75. The van der Waals surface area contributed by atoms with E-state index in [1.54, 1.807) is 19.4 Å². The first-order valence-corrected chi connectivity index (χ1v) is 10.1. The van der Waals surface area contributed by atoms with Crippen molar-refractivity contribution in [2.45, 2.75) is 19.9 Å². The molecule has 0 spiro atoms. The summed E-state index contributed by atoms with van der Waals surface area (Å²) in [5.41, 5.74) is 6.23. The zero-order chi connectivity index (χ0) is 22.0. The summed E-state index contributed by atoms with van der Waals surface area (Å²) >= 11 is 0. The molecule has 9 heteroatoms. The van der Waals surface area contributed by atoms with Gasteiger partial charge in [-0.1, -0.05) is 23.9 Å². The molecule has 160 valence electrons. The summed E-state index contributed by atoms with van der Waals surface area (Å²) in [4.78, 5) is 6.77. The van der Waals surface area contributed by atoms with Gasteiger partial charge in [-0.05, 0) is 42.7 Å². The van der Waals surface area contributed by atoms with E-state index in [2.05, 4.69) is 57.0 Å². The fourth-order valence-corrected chi connectivity index (χ4v) is 4.05. The molecule has 31 heavy (non-hydrogen) atoms. The number of aromatic nitrogens is 4. The Labute approximate surface area is 181 Å². The van der Waals surface area contributed by atoms with Crippen LogP contribution in [0.2, 0.25) is 0 Å². The van der Waals surface area contributed by atoms with E-state index in [-0.39, 0.29) is 0 Å². The van der Waals surface area contributed by atoms with Crippen LogP contribution < -0.4 is 16.6 Å². The van der Waals surface area contributed by atoms with Gasteiger partial charge in [0.15, 0.2) is 5.84 Å². The van der Waals surface area contributed by atoms with E-state index < -0.39 is 0 Å². The quantitative estimate of drug-likeness (QED) is 0.283. The third-order valence-electron chi connectivity index (χ3n) is 5.53. The van der Waals surface area contributed by atoms with Crippen molar-refractivity contribution >= 4 is 11.5 Å². The summed E-state index contributed by atoms with van der Waals surface area (Å²) in [6.07, 6.45) is 6.37. The molecule has 4 rings (SSSR count). The maximum absolute atomic E-state index is 5.75. The Morgan fingerprint density at radius 3 is 2.71 bits per heavy atom. The number of benzene rings is 1. The predicted octanol–water partition coefficient (Wildman–Crippen LogP) is 2.11. The minimum absolute atomic E-state index is 0.422. The molecule has 0 amide bonds. The van der Waals surface area contributed by atoms with Crippen molar-refractivity contribution in [1.29, 1.82) is 0 Å². The van der Waals surface area contributed by atoms with E-state index in [1.807, 2.05) is 23.0 Å². The second kappa shape index (κ2) is 8.57. The molecule has 0 aliphatic carbocycles. The summed E-state index contributed by atoms with van der Waals surface area (Å²) < 4.78 is 1.89. The molecule has 1 aliphatic rings. The number of amidine groups is 1. The normalized spacial score (nSPS) is 16.7. The van der Waals surface area contributed by atoms with Crippen molar-refractivity contribution in [3.63, 3.8) is 0 Å². The van der Waals surface area contributed by atoms with Crippen molar-refractivity contribution in [3.8, 4) is 11.1 Å². The summed E-state index contributed by atoms with van der Waals surface area (Å²) in [6, 6.07) is 10.3. The van der Waals surface area contributed by atoms with Crippen LogP contribution in [0.3, 0.4) is 0 Å². The highest BCUT2D eigenvalue weighted by atomic mass is 15.4. The Hall–Kier alpha value is -3.72. The molecule has 2 aromatic heterocycles. The SMILES string of the molecule is C=C1CC(Cn2ccnn2)CN1c1ccc(-c2ccc(/C(=N/N)N(C)N)nc2)cc1C. The van der Waals surface area contributed by atoms with Gasteiger partial charge in [-0.15, -0.1) is 5.10 Å². The largest absolute Gasteiger partial charge is 0.345 e. The van der Waals surface area contributed by atoms with Crippen molar-refractivity contribution in [1.82, 2.24) is 25.0 Å². The number of nitrogens with zero attached hydrogens (tertiary/aromatic N) is 7. The number of hydrogen-bond acceptors (Lipinski definition) is 7. The lowest BCUT2D eigenvalue weighted by Gasteiger charge is -2.23. The first kappa shape index (κ1) is 20.5. The van der Waals surface area contributed by atoms with Crippen LogP contribution in [0.25, 0.3) is 11.1 Å². The summed E-state index contributed by atoms with van der Waals surface area (Å²) in [7, 11) is 1.67. The zero-order valence-electron chi connectivity index (χ0n) is 17.8. The summed E-state index contributed by atoms with van der Waals surface area (Å²) in [6.45, 7) is 8.19. The van der Waals surface area contributed by atoms with Crippen LogP contribution in [0, 0.1) is 12.8 Å². The van der Waals surface area contributed by atoms with E-state index in [9.17, 15) is 0 Å². The molecular weight excluding hydrogens is 390 g/mol. The Balaban J connectivity index is 1.51. The van der Waals surface area contributed by atoms with Gasteiger partial charge in [0.1, 0.15) is 5.69 Å². The van der Waals surface area contributed by atoms with Crippen LogP contribution in [0.4, 0.5) is 5.69 Å². The van der Waals surface area contributed by atoms with Gasteiger partial charge in [0.25, 0.3) is 0 Å². The lowest BCUT2D eigenvalue weighted by Crippen LogP contribution is -2.35. The fraction of sp³-hybridized carbons (Fsp3) is 0.273. The molecule has 0 saturated carbocycles. The van der Waals surface area contributed by atoms with Gasteiger partial charge in [0.2, 0.25) is 0 Å². The summed E-state index contributed by atoms with van der Waals surface area (Å²) in [5.74, 6) is 12.0. The van der Waals surface area contributed by atoms with Gasteiger partial charge in [-0.25, -0.2) is 5.84 Å². The van der Waals surface area contributed by atoms with Crippen LogP contribution in [0.5, 0.6) is 0 Å². The fourth-order valence-electron chi connectivity index (χ4n) is 4.05. The zero-order valence-corrected chi connectivity index (χ0v) is 17.8. The van der Waals surface area contributed by atoms with Gasteiger partial charge in [0.05, 0.1) is 6.20 Å². The molecule has 1 atom stereocenters.